The van der Waals surface area contributed by atoms with Crippen molar-refractivity contribution in [2.75, 3.05) is 290 Å². The Kier molecular flexibility index (Phi) is 99.0. The Morgan fingerprint density at radius 3 is 0.962 bits per heavy atom. The summed E-state index contributed by atoms with van der Waals surface area (Å²) in [6, 6.07) is -0.681. The first-order valence-corrected chi connectivity index (χ1v) is 54.8. The third-order valence-electron chi connectivity index (χ3n) is 17.9. The zero-order valence-electron chi connectivity index (χ0n) is 81.0. The van der Waals surface area contributed by atoms with Gasteiger partial charge in [-0.05, 0) is 57.8 Å². The standard InChI is InChI=1S/C15H33NO4S.C12H27NO4S.C8H19NO4S.C7H17NO4S.C7H15NO3.C7H16O6S.C6H15NO5S.C6H13NO3.C4H9NO2.C2H7NO4S.O3S/c1-4-5-6-7-8-9-11-14-20-16(2,3)13-10-12-15-21(17,18)19;1-4-5-6-8-11-17-13(2,3)10-7-9-12-18(14,15)16;1-9(2,6-7-10)5-3-4-8-14(11,12)13;1-8(2,5-6-9)4-3-7-13(10,11)12;1-8(2,5-6-9)4-3-7(10)11;8-4-7(5-9,6-10)2-1-3-14(11,12)13;8-4-1-7(2-5-9)3-6-13(10,11)12;1-7(2,3-4-8)5-6(9)10;1-2-3(5)4(6)7;3-1-2-7-8(4,5)6;1-4(2)3/h4-15H2,1-3H3;4-12H2,1-3H3;10H,3-8H2,1-2H3;9H,3-7H2,1-2H3;9H,3-6H2,1-2H3;8-10H,1-6H2,(H,11,12,13);8-9H,1-6H2,(H,10,11,12);8H,3-5H2,1-2H3;3H,2,5H2,1H3,(H,6,7);1-3H2,(H,4,5,6);. The summed E-state index contributed by atoms with van der Waals surface area (Å²) in [6.07, 6.45) is 17.9. The number of hydrogen-bond donors (Lipinski definition) is 15. The van der Waals surface area contributed by atoms with E-state index in [0.29, 0.717) is 113 Å². The molecule has 0 aromatic heterocycles. The number of carbonyl (C=O) groups is 3. The van der Waals surface area contributed by atoms with Crippen LogP contribution < -0.4 is 21.7 Å². The lowest BCUT2D eigenvalue weighted by Crippen LogP contribution is -2.49. The van der Waals surface area contributed by atoms with Crippen molar-refractivity contribution in [1.29, 1.82) is 0 Å². The quantitative estimate of drug-likeness (QED) is 0.0117. The van der Waals surface area contributed by atoms with Crippen molar-refractivity contribution in [3.05, 3.63) is 0 Å². The van der Waals surface area contributed by atoms with Crippen molar-refractivity contribution in [1.82, 2.24) is 4.90 Å². The minimum atomic E-state index is -4.27. The Morgan fingerprint density at radius 1 is 0.391 bits per heavy atom. The number of nitrogens with zero attached hydrogens (tertiary/aromatic N) is 7. The van der Waals surface area contributed by atoms with Crippen LogP contribution in [0.2, 0.25) is 0 Å². The highest BCUT2D eigenvalue weighted by molar-refractivity contribution is 7.87. The van der Waals surface area contributed by atoms with Crippen molar-refractivity contribution >= 4 is 99.6 Å². The number of hydrogen-bond acceptors (Lipinski definition) is 41. The number of carbonyl (C=O) groups excluding carboxylic acids is 2. The van der Waals surface area contributed by atoms with Gasteiger partial charge in [-0.3, -0.25) is 23.4 Å². The van der Waals surface area contributed by atoms with E-state index >= 15 is 0 Å². The lowest BCUT2D eigenvalue weighted by Gasteiger charge is -2.29. The molecule has 0 radical (unpaired) electrons. The molecule has 812 valence electrons. The molecule has 0 aromatic carbocycles. The lowest BCUT2D eigenvalue weighted by molar-refractivity contribution is -1.08. The first kappa shape index (κ1) is 152. The summed E-state index contributed by atoms with van der Waals surface area (Å²) >= 11 is 0. The van der Waals surface area contributed by atoms with E-state index in [9.17, 15) is 102 Å². The first-order valence-electron chi connectivity index (χ1n) is 42.9. The summed E-state index contributed by atoms with van der Waals surface area (Å²) in [7, 11) is -8.92. The second-order valence-corrected chi connectivity index (χ2v) is 44.6. The van der Waals surface area contributed by atoms with Gasteiger partial charge in [0.05, 0.1) is 228 Å². The summed E-state index contributed by atoms with van der Waals surface area (Å²) < 4.78 is 242. The Balaban J connectivity index is -0.000000139. The summed E-state index contributed by atoms with van der Waals surface area (Å²) in [4.78, 5) is 43.0. The van der Waals surface area contributed by atoms with Crippen molar-refractivity contribution in [2.45, 2.75) is 168 Å². The zero-order chi connectivity index (χ0) is 107. The summed E-state index contributed by atoms with van der Waals surface area (Å²) in [5.74, 6) is -5.02. The highest BCUT2D eigenvalue weighted by Crippen LogP contribution is 2.22. The van der Waals surface area contributed by atoms with Gasteiger partial charge in [0.25, 0.3) is 20.2 Å². The molecule has 0 saturated heterocycles. The molecule has 0 aliphatic heterocycles. The number of likely N-dealkylation sites (N-methyl/N-ethyl adjacent to an activating group) is 4. The van der Waals surface area contributed by atoms with Gasteiger partial charge in [0.15, 0.2) is 0 Å². The Hall–Kier alpha value is -3.44. The van der Waals surface area contributed by atoms with Crippen LogP contribution >= 0.6 is 0 Å². The molecule has 0 aliphatic carbocycles. The first-order chi connectivity index (χ1) is 60.4. The van der Waals surface area contributed by atoms with E-state index in [-0.39, 0.29) is 131 Å². The van der Waals surface area contributed by atoms with E-state index in [0.717, 1.165) is 45.7 Å². The Bertz CT molecular complexity index is 3770. The molecule has 0 heterocycles. The van der Waals surface area contributed by atoms with Crippen LogP contribution in [0.25, 0.3) is 0 Å². The van der Waals surface area contributed by atoms with Gasteiger partial charge >= 0.3 is 27.0 Å². The fourth-order valence-corrected chi connectivity index (χ4v) is 13.3. The normalized spacial score (nSPS) is 12.4. The van der Waals surface area contributed by atoms with Gasteiger partial charge in [0.2, 0.25) is 0 Å². The highest BCUT2D eigenvalue weighted by Gasteiger charge is 2.28. The molecular weight excluding hydrogens is 1940 g/mol. The monoisotopic (exact) mass is 2110 g/mol. The van der Waals surface area contributed by atoms with Crippen LogP contribution in [-0.4, -0.2) is 501 Å². The van der Waals surface area contributed by atoms with E-state index in [2.05, 4.69) is 18.0 Å². The zero-order valence-corrected chi connectivity index (χ0v) is 87.5. The van der Waals surface area contributed by atoms with E-state index in [1.165, 1.54) is 57.8 Å². The van der Waals surface area contributed by atoms with Crippen LogP contribution in [0.1, 0.15) is 162 Å². The van der Waals surface area contributed by atoms with Crippen molar-refractivity contribution < 1.29 is 220 Å². The second kappa shape index (κ2) is 86.4. The number of hydroxylamine groups is 6. The highest BCUT2D eigenvalue weighted by atomic mass is 32.3. The molecule has 51 nitrogen and oxygen atoms in total. The minimum Gasteiger partial charge on any atom is -0.748 e. The molecular formula is C74H171N9O42S8. The fourth-order valence-electron chi connectivity index (χ4n) is 9.82. The summed E-state index contributed by atoms with van der Waals surface area (Å²) in [6.45, 7) is 12.4. The van der Waals surface area contributed by atoms with Gasteiger partial charge in [-0.1, -0.05) is 78.6 Å². The van der Waals surface area contributed by atoms with Crippen LogP contribution in [0, 0.1) is 5.41 Å². The largest absolute Gasteiger partial charge is 0.748 e. The fraction of sp³-hybridized carbons (Fsp3) is 0.959. The number of nitrogens with two attached hydrogens (primary N) is 2. The van der Waals surface area contributed by atoms with Crippen molar-refractivity contribution in [2.24, 2.45) is 16.9 Å². The number of unbranched alkanes of at least 4 members (excludes halogenated alkanes) is 12. The molecule has 0 spiro atoms. The van der Waals surface area contributed by atoms with Gasteiger partial charge in [-0.25, -0.2) is 47.5 Å². The molecule has 0 saturated carbocycles. The Labute approximate surface area is 795 Å². The number of carboxylic acids is 3. The second-order valence-electron chi connectivity index (χ2n) is 33.9. The van der Waals surface area contributed by atoms with Crippen LogP contribution in [0.4, 0.5) is 0 Å². The average molecular weight is 2120 g/mol. The number of carboxylic acid groups (broad SMARTS) is 3. The molecule has 133 heavy (non-hydrogen) atoms. The molecule has 0 rings (SSSR count). The summed E-state index contributed by atoms with van der Waals surface area (Å²) in [5, 5.41) is 106. The van der Waals surface area contributed by atoms with Gasteiger partial charge in [0.1, 0.15) is 65.1 Å². The van der Waals surface area contributed by atoms with E-state index in [1.54, 1.807) is 25.9 Å². The minimum absolute atomic E-state index is 0.000278. The van der Waals surface area contributed by atoms with Gasteiger partial charge in [0, 0.05) is 86.3 Å². The molecule has 0 aromatic rings. The molecule has 59 heteroatoms. The molecule has 0 fully saturated rings. The van der Waals surface area contributed by atoms with E-state index < -0.39 is 137 Å². The van der Waals surface area contributed by atoms with Gasteiger partial charge in [-0.2, -0.15) is 34.5 Å². The third-order valence-corrected chi connectivity index (χ3v) is 23.0. The smallest absolute Gasteiger partial charge is 0.425 e. The maximum absolute atomic E-state index is 10.5. The van der Waals surface area contributed by atoms with E-state index in [1.807, 2.05) is 70.5 Å². The average Bonchev–Trinajstić information content (AvgIpc) is 0.889. The molecule has 0 aliphatic rings. The van der Waals surface area contributed by atoms with Crippen LogP contribution in [-0.2, 0) is 110 Å². The van der Waals surface area contributed by atoms with E-state index in [4.69, 9.17) is 98.5 Å². The topological polar surface area (TPSA) is 826 Å². The van der Waals surface area contributed by atoms with Crippen LogP contribution in [0.15, 0.2) is 0 Å². The van der Waals surface area contributed by atoms with Gasteiger partial charge < -0.3 is 118 Å². The maximum Gasteiger partial charge on any atom is 0.425 e. The predicted molar refractivity (Wildman–Crippen MR) is 487 cm³/mol. The number of quaternary nitrogens is 6. The third kappa shape index (κ3) is 149. The summed E-state index contributed by atoms with van der Waals surface area (Å²) in [5.41, 5.74) is 8.79. The lowest BCUT2D eigenvalue weighted by atomic mass is 9.86. The SMILES string of the molecule is CCC(N)C(=O)O.CCCCCCCCCO[N+](C)(C)CCCCS(=O)(=O)[O-].CCCCCCO[N+](C)(C)CCCCS(=O)(=O)[O-].C[N+](C)(CCO)CC(=O)[O-].C[N+](C)(CCO)CCC(=O)[O-].C[N+](C)(CCO)CCCCS(=O)(=O)[O-].C[N+](C)(CCO)CCCS(=O)(=O)[O-].NCCOS(=O)(=O)O.O=S(=O)(O)CCCC(CO)(CO)CO.O=S(=O)(O)CCN(CCO)CCO.O=S(=O)=O. The molecule has 0 amide bonds. The van der Waals surface area contributed by atoms with Gasteiger partial charge in [-0.15, -0.1) is 12.6 Å². The molecule has 1 unspecified atom stereocenters. The number of aliphatic carboxylic acids is 3. The number of aliphatic hydroxyl groups excluding tert-OH is 9. The van der Waals surface area contributed by atoms with Crippen molar-refractivity contribution in [3.63, 3.8) is 0 Å². The number of rotatable bonds is 66. The Morgan fingerprint density at radius 2 is 0.699 bits per heavy atom. The van der Waals surface area contributed by atoms with Crippen molar-refractivity contribution in [3.8, 4) is 0 Å². The van der Waals surface area contributed by atoms with Crippen LogP contribution in [0.3, 0.4) is 0 Å². The molecule has 0 bridgehead atoms. The number of aliphatic hydroxyl groups is 9. The maximum atomic E-state index is 10.5. The molecule has 1 atom stereocenters. The predicted octanol–water partition coefficient (Wildman–Crippen LogP) is -6.31. The van der Waals surface area contributed by atoms with Crippen LogP contribution in [0.5, 0.6) is 0 Å². The molecule has 17 N–H and O–H groups in total.